The zero-order valence-electron chi connectivity index (χ0n) is 18.2. The van der Waals surface area contributed by atoms with Crippen LogP contribution in [-0.4, -0.2) is 54.5 Å². The fourth-order valence-corrected chi connectivity index (χ4v) is 2.70. The molecule has 0 heterocycles. The Morgan fingerprint density at radius 2 is 1.71 bits per heavy atom. The zero-order chi connectivity index (χ0) is 23.3. The van der Waals surface area contributed by atoms with Crippen LogP contribution in [0.4, 0.5) is 9.59 Å². The van der Waals surface area contributed by atoms with Gasteiger partial charge in [-0.25, -0.2) is 9.59 Å². The summed E-state index contributed by atoms with van der Waals surface area (Å²) >= 11 is 6.00. The van der Waals surface area contributed by atoms with Crippen LogP contribution in [0.25, 0.3) is 0 Å². The highest BCUT2D eigenvalue weighted by molar-refractivity contribution is 6.31. The lowest BCUT2D eigenvalue weighted by Crippen LogP contribution is -2.42. The molecule has 1 aromatic carbocycles. The predicted octanol–water partition coefficient (Wildman–Crippen LogP) is 3.30. The summed E-state index contributed by atoms with van der Waals surface area (Å²) in [5.41, 5.74) is 0.131. The average molecular weight is 458 g/mol. The van der Waals surface area contributed by atoms with Crippen LogP contribution in [0.3, 0.4) is 0 Å². The highest BCUT2D eigenvalue weighted by Gasteiger charge is 2.18. The maximum atomic E-state index is 11.7. The standard InChI is InChI=1S/C21H32ClN3O6/c1-21(2,3)31-20(29)25-13-12-23-17(18(26)27)10-6-7-11-24-19(28)30-14-15-8-4-5-9-16(15)22/h4-5,8-9,17,23H,6-7,10-14H2,1-3H3,(H,24,28)(H,25,29)(H,26,27)/t17-/m1/s1. The van der Waals surface area contributed by atoms with Crippen molar-refractivity contribution in [2.24, 2.45) is 0 Å². The fourth-order valence-electron chi connectivity index (χ4n) is 2.51. The quantitative estimate of drug-likeness (QED) is 0.355. The van der Waals surface area contributed by atoms with Gasteiger partial charge in [0.15, 0.2) is 0 Å². The maximum Gasteiger partial charge on any atom is 0.407 e. The lowest BCUT2D eigenvalue weighted by molar-refractivity contribution is -0.139. The topological polar surface area (TPSA) is 126 Å². The van der Waals surface area contributed by atoms with Crippen molar-refractivity contribution in [1.29, 1.82) is 0 Å². The van der Waals surface area contributed by atoms with Crippen LogP contribution >= 0.6 is 11.6 Å². The van der Waals surface area contributed by atoms with Gasteiger partial charge in [0.05, 0.1) is 0 Å². The smallest absolute Gasteiger partial charge is 0.407 e. The Hall–Kier alpha value is -2.52. The first-order valence-electron chi connectivity index (χ1n) is 10.2. The number of amides is 2. The van der Waals surface area contributed by atoms with E-state index in [9.17, 15) is 19.5 Å². The first-order valence-corrected chi connectivity index (χ1v) is 10.5. The third-order valence-corrected chi connectivity index (χ3v) is 4.36. The number of unbranched alkanes of at least 4 members (excludes halogenated alkanes) is 1. The molecule has 174 valence electrons. The van der Waals surface area contributed by atoms with E-state index in [1.807, 2.05) is 6.07 Å². The van der Waals surface area contributed by atoms with E-state index in [2.05, 4.69) is 16.0 Å². The van der Waals surface area contributed by atoms with E-state index in [-0.39, 0.29) is 13.2 Å². The first kappa shape index (κ1) is 26.5. The van der Waals surface area contributed by atoms with Crippen molar-refractivity contribution in [3.05, 3.63) is 34.9 Å². The summed E-state index contributed by atoms with van der Waals surface area (Å²) in [6.07, 6.45) is 0.476. The molecule has 10 heteroatoms. The van der Waals surface area contributed by atoms with E-state index in [0.29, 0.717) is 37.4 Å². The number of carbonyl (C=O) groups excluding carboxylic acids is 2. The second-order valence-electron chi connectivity index (χ2n) is 7.86. The summed E-state index contributed by atoms with van der Waals surface area (Å²) < 4.78 is 10.2. The van der Waals surface area contributed by atoms with Crippen molar-refractivity contribution < 1.29 is 29.0 Å². The number of aliphatic carboxylic acids is 1. The number of carbonyl (C=O) groups is 3. The van der Waals surface area contributed by atoms with Gasteiger partial charge in [-0.15, -0.1) is 0 Å². The molecular weight excluding hydrogens is 426 g/mol. The molecule has 0 aliphatic heterocycles. The summed E-state index contributed by atoms with van der Waals surface area (Å²) in [6, 6.07) is 6.36. The van der Waals surface area contributed by atoms with E-state index < -0.39 is 29.8 Å². The van der Waals surface area contributed by atoms with Crippen LogP contribution in [0, 0.1) is 0 Å². The van der Waals surface area contributed by atoms with Crippen molar-refractivity contribution in [3.8, 4) is 0 Å². The van der Waals surface area contributed by atoms with Gasteiger partial charge in [0.2, 0.25) is 0 Å². The predicted molar refractivity (Wildman–Crippen MR) is 117 cm³/mol. The van der Waals surface area contributed by atoms with Gasteiger partial charge in [-0.3, -0.25) is 4.79 Å². The van der Waals surface area contributed by atoms with Gasteiger partial charge in [-0.2, -0.15) is 0 Å². The van der Waals surface area contributed by atoms with Crippen LogP contribution < -0.4 is 16.0 Å². The highest BCUT2D eigenvalue weighted by Crippen LogP contribution is 2.15. The van der Waals surface area contributed by atoms with Crippen molar-refractivity contribution in [2.45, 2.75) is 58.3 Å². The molecule has 0 aromatic heterocycles. The van der Waals surface area contributed by atoms with Crippen LogP contribution in [0.1, 0.15) is 45.6 Å². The van der Waals surface area contributed by atoms with Crippen molar-refractivity contribution in [3.63, 3.8) is 0 Å². The molecule has 1 rings (SSSR count). The number of nitrogens with one attached hydrogen (secondary N) is 3. The third-order valence-electron chi connectivity index (χ3n) is 3.99. The molecule has 0 fully saturated rings. The van der Waals surface area contributed by atoms with Gasteiger partial charge in [0.25, 0.3) is 0 Å². The summed E-state index contributed by atoms with van der Waals surface area (Å²) in [6.45, 7) is 6.28. The normalized spacial score (nSPS) is 12.0. The molecule has 0 saturated heterocycles. The van der Waals surface area contributed by atoms with Gasteiger partial charge in [-0.1, -0.05) is 29.8 Å². The van der Waals surface area contributed by atoms with Crippen LogP contribution in [-0.2, 0) is 20.9 Å². The zero-order valence-corrected chi connectivity index (χ0v) is 19.0. The maximum absolute atomic E-state index is 11.7. The Morgan fingerprint density at radius 1 is 1.03 bits per heavy atom. The van der Waals surface area contributed by atoms with Crippen molar-refractivity contribution >= 4 is 29.8 Å². The van der Waals surface area contributed by atoms with Gasteiger partial charge in [-0.05, 0) is 46.1 Å². The number of halogens is 1. The molecule has 0 spiro atoms. The highest BCUT2D eigenvalue weighted by atomic mass is 35.5. The molecule has 31 heavy (non-hydrogen) atoms. The lowest BCUT2D eigenvalue weighted by Gasteiger charge is -2.20. The van der Waals surface area contributed by atoms with E-state index in [1.165, 1.54) is 0 Å². The number of benzene rings is 1. The molecule has 9 nitrogen and oxygen atoms in total. The summed E-state index contributed by atoms with van der Waals surface area (Å²) in [4.78, 5) is 34.6. The molecule has 0 aliphatic carbocycles. The molecule has 0 aliphatic rings. The average Bonchev–Trinajstić information content (AvgIpc) is 2.67. The Labute approximate surface area is 187 Å². The first-order chi connectivity index (χ1) is 14.6. The Bertz CT molecular complexity index is 723. The third kappa shape index (κ3) is 12.7. The second kappa shape index (κ2) is 13.7. The number of alkyl carbamates (subject to hydrolysis) is 2. The Kier molecular flexibility index (Phi) is 11.7. The monoisotopic (exact) mass is 457 g/mol. The van der Waals surface area contributed by atoms with E-state index >= 15 is 0 Å². The van der Waals surface area contributed by atoms with Crippen LogP contribution in [0.5, 0.6) is 0 Å². The fraction of sp³-hybridized carbons (Fsp3) is 0.571. The molecular formula is C21H32ClN3O6. The number of ether oxygens (including phenoxy) is 2. The number of carboxylic acid groups (broad SMARTS) is 1. The number of hydrogen-bond acceptors (Lipinski definition) is 6. The summed E-state index contributed by atoms with van der Waals surface area (Å²) in [5, 5.41) is 17.9. The largest absolute Gasteiger partial charge is 0.480 e. The minimum Gasteiger partial charge on any atom is -0.480 e. The van der Waals surface area contributed by atoms with Crippen molar-refractivity contribution in [1.82, 2.24) is 16.0 Å². The van der Waals surface area contributed by atoms with Gasteiger partial charge < -0.3 is 30.5 Å². The van der Waals surface area contributed by atoms with Crippen LogP contribution in [0.15, 0.2) is 24.3 Å². The minimum atomic E-state index is -0.968. The lowest BCUT2D eigenvalue weighted by atomic mass is 10.1. The van der Waals surface area contributed by atoms with Crippen molar-refractivity contribution in [2.75, 3.05) is 19.6 Å². The molecule has 0 bridgehead atoms. The minimum absolute atomic E-state index is 0.0772. The Morgan fingerprint density at radius 3 is 2.35 bits per heavy atom. The van der Waals surface area contributed by atoms with Crippen LogP contribution in [0.2, 0.25) is 5.02 Å². The second-order valence-corrected chi connectivity index (χ2v) is 8.27. The van der Waals surface area contributed by atoms with E-state index in [4.69, 9.17) is 21.1 Å². The van der Waals surface area contributed by atoms with E-state index in [0.717, 1.165) is 5.56 Å². The van der Waals surface area contributed by atoms with Gasteiger partial charge in [0, 0.05) is 30.2 Å². The molecule has 0 radical (unpaired) electrons. The molecule has 0 unspecified atom stereocenters. The molecule has 4 N–H and O–H groups in total. The summed E-state index contributed by atoms with van der Waals surface area (Å²) in [7, 11) is 0. The van der Waals surface area contributed by atoms with E-state index in [1.54, 1.807) is 39.0 Å². The molecule has 1 aromatic rings. The molecule has 1 atom stereocenters. The number of hydrogen-bond donors (Lipinski definition) is 4. The molecule has 0 saturated carbocycles. The number of rotatable bonds is 12. The van der Waals surface area contributed by atoms with Gasteiger partial charge >= 0.3 is 18.2 Å². The summed E-state index contributed by atoms with van der Waals surface area (Å²) in [5.74, 6) is -0.968. The Balaban J connectivity index is 2.16. The number of carboxylic acids is 1. The molecule has 2 amide bonds. The van der Waals surface area contributed by atoms with Gasteiger partial charge in [0.1, 0.15) is 18.2 Å². The SMILES string of the molecule is CC(C)(C)OC(=O)NCCN[C@H](CCCCNC(=O)OCc1ccccc1Cl)C(=O)O.